The number of benzene rings is 1. The summed E-state index contributed by atoms with van der Waals surface area (Å²) >= 11 is 0. The highest BCUT2D eigenvalue weighted by molar-refractivity contribution is 7.89. The zero-order valence-corrected chi connectivity index (χ0v) is 19.7. The van der Waals surface area contributed by atoms with Crippen molar-refractivity contribution >= 4 is 21.7 Å². The van der Waals surface area contributed by atoms with Gasteiger partial charge in [0.1, 0.15) is 5.78 Å². The molecular formula is C23H32N2O7S. The van der Waals surface area contributed by atoms with Gasteiger partial charge in [-0.1, -0.05) is 37.3 Å². The molecule has 0 bridgehead atoms. The summed E-state index contributed by atoms with van der Waals surface area (Å²) in [6.45, 7) is 2.51. The van der Waals surface area contributed by atoms with Crippen molar-refractivity contribution in [2.24, 2.45) is 0 Å². The predicted octanol–water partition coefficient (Wildman–Crippen LogP) is 1.50. The molecule has 0 saturated carbocycles. The van der Waals surface area contributed by atoms with Crippen LogP contribution >= 0.6 is 0 Å². The van der Waals surface area contributed by atoms with Gasteiger partial charge in [0.2, 0.25) is 11.0 Å². The first kappa shape index (κ1) is 26.7. The monoisotopic (exact) mass is 480 g/mol. The third kappa shape index (κ3) is 8.39. The largest absolute Gasteiger partial charge is 0.452 e. The highest BCUT2D eigenvalue weighted by atomic mass is 32.2. The summed E-state index contributed by atoms with van der Waals surface area (Å²) < 4.78 is 31.9. The van der Waals surface area contributed by atoms with E-state index in [0.29, 0.717) is 6.42 Å². The first-order valence-corrected chi connectivity index (χ1v) is 12.3. The molecule has 1 heterocycles. The molecule has 1 aromatic heterocycles. The second-order valence-corrected chi connectivity index (χ2v) is 9.80. The van der Waals surface area contributed by atoms with E-state index < -0.39 is 34.2 Å². The molecule has 33 heavy (non-hydrogen) atoms. The van der Waals surface area contributed by atoms with Crippen LogP contribution in [0.4, 0.5) is 0 Å². The van der Waals surface area contributed by atoms with Gasteiger partial charge in [-0.25, -0.2) is 8.42 Å². The standard InChI is InChI=1S/C23H32N2O7S/c1-3-19(27)11-12-22(29)24-20(14-18-8-5-4-6-9-18)21(28)16-25(15-17(2)26)33(30,31)23-10-7-13-32-23/h4-10,13,17,20-21,26,28H,3,11-12,14-16H2,1-2H3,(H,24,29)/t17?,20-,21+/m0/s1. The van der Waals surface area contributed by atoms with Crippen molar-refractivity contribution in [1.82, 2.24) is 9.62 Å². The average molecular weight is 481 g/mol. The van der Waals surface area contributed by atoms with Crippen LogP contribution in [0.5, 0.6) is 0 Å². The Bertz CT molecular complexity index is 976. The topological polar surface area (TPSA) is 137 Å². The van der Waals surface area contributed by atoms with Gasteiger partial charge < -0.3 is 19.9 Å². The van der Waals surface area contributed by atoms with E-state index >= 15 is 0 Å². The SMILES string of the molecule is CCC(=O)CCC(=O)N[C@@H](Cc1ccccc1)[C@H](O)CN(CC(C)O)S(=O)(=O)c1ccco1. The third-order valence-corrected chi connectivity index (χ3v) is 6.80. The van der Waals surface area contributed by atoms with Crippen LogP contribution in [0, 0.1) is 0 Å². The summed E-state index contributed by atoms with van der Waals surface area (Å²) in [7, 11) is -4.12. The molecular weight excluding hydrogens is 448 g/mol. The average Bonchev–Trinajstić information content (AvgIpc) is 3.33. The maximum absolute atomic E-state index is 13.0. The second kappa shape index (κ2) is 12.6. The van der Waals surface area contributed by atoms with Gasteiger partial charge in [0.25, 0.3) is 10.0 Å². The van der Waals surface area contributed by atoms with Crippen LogP contribution in [0.2, 0.25) is 0 Å². The first-order valence-electron chi connectivity index (χ1n) is 10.9. The molecule has 0 aliphatic rings. The predicted molar refractivity (Wildman–Crippen MR) is 122 cm³/mol. The Kier molecular flexibility index (Phi) is 10.2. The Balaban J connectivity index is 2.21. The van der Waals surface area contributed by atoms with E-state index in [9.17, 15) is 28.2 Å². The molecule has 10 heteroatoms. The van der Waals surface area contributed by atoms with Crippen LogP contribution in [0.1, 0.15) is 38.7 Å². The number of hydrogen-bond acceptors (Lipinski definition) is 7. The molecule has 0 saturated heterocycles. The molecule has 2 aromatic rings. The van der Waals surface area contributed by atoms with Crippen molar-refractivity contribution in [3.8, 4) is 0 Å². The Morgan fingerprint density at radius 3 is 2.33 bits per heavy atom. The fraction of sp³-hybridized carbons (Fsp3) is 0.478. The van der Waals surface area contributed by atoms with Gasteiger partial charge in [-0.2, -0.15) is 4.31 Å². The van der Waals surface area contributed by atoms with E-state index in [2.05, 4.69) is 5.32 Å². The molecule has 3 atom stereocenters. The molecule has 1 amide bonds. The van der Waals surface area contributed by atoms with Crippen molar-refractivity contribution in [2.45, 2.75) is 62.9 Å². The number of nitrogens with zero attached hydrogens (tertiary/aromatic N) is 1. The summed E-state index contributed by atoms with van der Waals surface area (Å²) in [6, 6.07) is 11.0. The zero-order chi connectivity index (χ0) is 24.4. The van der Waals surface area contributed by atoms with E-state index in [1.54, 1.807) is 6.92 Å². The van der Waals surface area contributed by atoms with Gasteiger partial charge in [-0.3, -0.25) is 9.59 Å². The fourth-order valence-corrected chi connectivity index (χ4v) is 4.74. The van der Waals surface area contributed by atoms with Crippen LogP contribution < -0.4 is 5.32 Å². The Labute approximate surface area is 194 Å². The van der Waals surface area contributed by atoms with E-state index in [4.69, 9.17) is 4.42 Å². The lowest BCUT2D eigenvalue weighted by Gasteiger charge is -2.30. The van der Waals surface area contributed by atoms with E-state index in [1.165, 1.54) is 25.3 Å². The molecule has 0 spiro atoms. The highest BCUT2D eigenvalue weighted by Crippen LogP contribution is 2.18. The van der Waals surface area contributed by atoms with Crippen LogP contribution in [0.25, 0.3) is 0 Å². The number of sulfonamides is 1. The number of aliphatic hydroxyl groups is 2. The fourth-order valence-electron chi connectivity index (χ4n) is 3.30. The molecule has 0 fully saturated rings. The quantitative estimate of drug-likeness (QED) is 0.373. The first-order chi connectivity index (χ1) is 15.6. The summed E-state index contributed by atoms with van der Waals surface area (Å²) in [4.78, 5) is 24.0. The van der Waals surface area contributed by atoms with Crippen LogP contribution in [0.3, 0.4) is 0 Å². The van der Waals surface area contributed by atoms with E-state index in [1.807, 2.05) is 30.3 Å². The number of rotatable bonds is 14. The smallest absolute Gasteiger partial charge is 0.276 e. The Morgan fingerprint density at radius 2 is 1.76 bits per heavy atom. The molecule has 1 aromatic carbocycles. The minimum absolute atomic E-state index is 0.0211. The lowest BCUT2D eigenvalue weighted by atomic mass is 10.0. The molecule has 0 radical (unpaired) electrons. The van der Waals surface area contributed by atoms with Gasteiger partial charge in [0.15, 0.2) is 0 Å². The van der Waals surface area contributed by atoms with Crippen LogP contribution in [0.15, 0.2) is 58.2 Å². The number of hydrogen-bond donors (Lipinski definition) is 3. The summed E-state index contributed by atoms with van der Waals surface area (Å²) in [6.07, 6.45) is -0.408. The molecule has 3 N–H and O–H groups in total. The van der Waals surface area contributed by atoms with Crippen LogP contribution in [-0.2, 0) is 26.0 Å². The van der Waals surface area contributed by atoms with Gasteiger partial charge >= 0.3 is 0 Å². The van der Waals surface area contributed by atoms with Gasteiger partial charge in [0.05, 0.1) is 24.5 Å². The summed E-state index contributed by atoms with van der Waals surface area (Å²) in [5, 5.41) is 23.3. The lowest BCUT2D eigenvalue weighted by Crippen LogP contribution is -2.51. The van der Waals surface area contributed by atoms with Gasteiger partial charge in [0, 0.05) is 32.4 Å². The Morgan fingerprint density at radius 1 is 1.06 bits per heavy atom. The number of carbonyl (C=O) groups is 2. The normalized spacial score (nSPS) is 14.6. The molecule has 1 unspecified atom stereocenters. The van der Waals surface area contributed by atoms with Crippen molar-refractivity contribution < 1.29 is 32.6 Å². The van der Waals surface area contributed by atoms with Crippen molar-refractivity contribution in [2.75, 3.05) is 13.1 Å². The molecule has 0 aliphatic heterocycles. The van der Waals surface area contributed by atoms with Gasteiger partial charge in [-0.15, -0.1) is 0 Å². The minimum Gasteiger partial charge on any atom is -0.452 e. The number of aliphatic hydroxyl groups excluding tert-OH is 2. The third-order valence-electron chi connectivity index (χ3n) is 5.08. The van der Waals surface area contributed by atoms with Gasteiger partial charge in [-0.05, 0) is 31.0 Å². The van der Waals surface area contributed by atoms with E-state index in [-0.39, 0.29) is 43.2 Å². The zero-order valence-electron chi connectivity index (χ0n) is 18.9. The molecule has 9 nitrogen and oxygen atoms in total. The van der Waals surface area contributed by atoms with Crippen molar-refractivity contribution in [1.29, 1.82) is 0 Å². The highest BCUT2D eigenvalue weighted by Gasteiger charge is 2.33. The lowest BCUT2D eigenvalue weighted by molar-refractivity contribution is -0.126. The van der Waals surface area contributed by atoms with Crippen molar-refractivity contribution in [3.05, 3.63) is 54.3 Å². The molecule has 182 valence electrons. The summed E-state index contributed by atoms with van der Waals surface area (Å²) in [5.41, 5.74) is 0.836. The number of carbonyl (C=O) groups excluding carboxylic acids is 2. The number of ketones is 1. The van der Waals surface area contributed by atoms with Crippen LogP contribution in [-0.4, -0.2) is 66.0 Å². The van der Waals surface area contributed by atoms with Crippen molar-refractivity contribution in [3.63, 3.8) is 0 Å². The maximum atomic E-state index is 13.0. The van der Waals surface area contributed by atoms with E-state index in [0.717, 1.165) is 9.87 Å². The second-order valence-electron chi connectivity index (χ2n) is 7.93. The molecule has 0 aliphatic carbocycles. The maximum Gasteiger partial charge on any atom is 0.276 e. The minimum atomic E-state index is -4.12. The number of furan rings is 1. The number of Topliss-reactive ketones (excluding diaryl/α,β-unsaturated/α-hetero) is 1. The number of nitrogens with one attached hydrogen (secondary N) is 1. The Hall–Kier alpha value is -2.53. The molecule has 2 rings (SSSR count). The summed E-state index contributed by atoms with van der Waals surface area (Å²) in [5.74, 6) is -0.453. The number of amides is 1.